The maximum atomic E-state index is 12.0. The molecule has 0 aliphatic heterocycles. The van der Waals surface area contributed by atoms with E-state index in [0.717, 1.165) is 11.3 Å². The van der Waals surface area contributed by atoms with Crippen molar-refractivity contribution in [1.29, 1.82) is 0 Å². The normalized spacial score (nSPS) is 9.95. The third-order valence-corrected chi connectivity index (χ3v) is 3.34. The van der Waals surface area contributed by atoms with Crippen molar-refractivity contribution in [2.45, 2.75) is 0 Å². The number of hydrogen-bond donors (Lipinski definition) is 2. The molecule has 1 aromatic carbocycles. The summed E-state index contributed by atoms with van der Waals surface area (Å²) in [5, 5.41) is 13.1. The lowest BCUT2D eigenvalue weighted by molar-refractivity contribution is 0.0703. The zero-order chi connectivity index (χ0) is 13.8. The summed E-state index contributed by atoms with van der Waals surface area (Å²) in [6.07, 6.45) is 0. The van der Waals surface area contributed by atoms with Crippen LogP contribution in [0.2, 0.25) is 0 Å². The summed E-state index contributed by atoms with van der Waals surface area (Å²) in [6, 6.07) is 8.20. The van der Waals surface area contributed by atoms with Crippen molar-refractivity contribution in [3.8, 4) is 5.75 Å². The maximum absolute atomic E-state index is 12.0. The number of anilines is 1. The van der Waals surface area contributed by atoms with Gasteiger partial charge in [0.2, 0.25) is 0 Å². The van der Waals surface area contributed by atoms with E-state index in [1.165, 1.54) is 7.11 Å². The molecular formula is C13H11NO4S. The Hall–Kier alpha value is -2.34. The molecule has 0 radical (unpaired) electrons. The van der Waals surface area contributed by atoms with Gasteiger partial charge in [0.05, 0.1) is 12.8 Å². The summed E-state index contributed by atoms with van der Waals surface area (Å²) in [5.41, 5.74) is 0.701. The van der Waals surface area contributed by atoms with Gasteiger partial charge in [-0.15, -0.1) is 11.3 Å². The number of carboxylic acids is 1. The van der Waals surface area contributed by atoms with Crippen LogP contribution in [0.15, 0.2) is 35.7 Å². The average molecular weight is 277 g/mol. The average Bonchev–Trinajstić information content (AvgIpc) is 2.87. The van der Waals surface area contributed by atoms with E-state index in [2.05, 4.69) is 5.32 Å². The highest BCUT2D eigenvalue weighted by molar-refractivity contribution is 7.12. The molecule has 5 nitrogen and oxygen atoms in total. The molecule has 0 saturated heterocycles. The molecule has 2 aromatic rings. The molecule has 0 saturated carbocycles. The van der Waals surface area contributed by atoms with Crippen LogP contribution in [0.5, 0.6) is 5.75 Å². The van der Waals surface area contributed by atoms with E-state index in [4.69, 9.17) is 9.84 Å². The number of benzene rings is 1. The Bertz CT molecular complexity index is 621. The summed E-state index contributed by atoms with van der Waals surface area (Å²) >= 11 is 1.06. The van der Waals surface area contributed by atoms with Crippen molar-refractivity contribution >= 4 is 28.9 Å². The minimum Gasteiger partial charge on any atom is -0.497 e. The minimum absolute atomic E-state index is 0.108. The second-order valence-corrected chi connectivity index (χ2v) is 4.57. The molecule has 0 bridgehead atoms. The smallest absolute Gasteiger partial charge is 0.348 e. The first-order chi connectivity index (χ1) is 9.11. The van der Waals surface area contributed by atoms with E-state index in [-0.39, 0.29) is 10.8 Å². The van der Waals surface area contributed by atoms with Crippen LogP contribution >= 0.6 is 11.3 Å². The standard InChI is InChI=1S/C13H11NO4S/c1-18-9-4-2-3-8(7-9)12(15)14-10-5-6-19-11(10)13(16)17/h2-7H,1H3,(H,14,15)(H,16,17). The molecule has 0 fully saturated rings. The molecule has 1 amide bonds. The van der Waals surface area contributed by atoms with Crippen LogP contribution in [0.1, 0.15) is 20.0 Å². The van der Waals surface area contributed by atoms with Crippen molar-refractivity contribution in [1.82, 2.24) is 0 Å². The fourth-order valence-corrected chi connectivity index (χ4v) is 2.22. The molecule has 1 heterocycles. The Kier molecular flexibility index (Phi) is 3.82. The first-order valence-corrected chi connectivity index (χ1v) is 6.26. The highest BCUT2D eigenvalue weighted by Crippen LogP contribution is 2.23. The van der Waals surface area contributed by atoms with Gasteiger partial charge in [0.15, 0.2) is 0 Å². The summed E-state index contributed by atoms with van der Waals surface area (Å²) in [7, 11) is 1.51. The van der Waals surface area contributed by atoms with Crippen molar-refractivity contribution in [3.05, 3.63) is 46.2 Å². The molecule has 0 atom stereocenters. The minimum atomic E-state index is -1.06. The lowest BCUT2D eigenvalue weighted by atomic mass is 10.2. The predicted octanol–water partition coefficient (Wildman–Crippen LogP) is 2.71. The Labute approximate surface area is 113 Å². The second-order valence-electron chi connectivity index (χ2n) is 3.65. The van der Waals surface area contributed by atoms with Crippen molar-refractivity contribution in [2.24, 2.45) is 0 Å². The van der Waals surface area contributed by atoms with E-state index < -0.39 is 5.97 Å². The van der Waals surface area contributed by atoms with Gasteiger partial charge in [-0.05, 0) is 29.6 Å². The van der Waals surface area contributed by atoms with E-state index >= 15 is 0 Å². The number of rotatable bonds is 4. The molecule has 2 rings (SSSR count). The molecule has 2 N–H and O–H groups in total. The summed E-state index contributed by atoms with van der Waals surface area (Å²) in [4.78, 5) is 23.0. The molecule has 98 valence electrons. The van der Waals surface area contributed by atoms with Gasteiger partial charge in [-0.25, -0.2) is 4.79 Å². The molecule has 1 aromatic heterocycles. The number of amides is 1. The molecule has 0 unspecified atom stereocenters. The van der Waals surface area contributed by atoms with Crippen molar-refractivity contribution in [2.75, 3.05) is 12.4 Å². The summed E-state index contributed by atoms with van der Waals surface area (Å²) in [5.74, 6) is -0.868. The summed E-state index contributed by atoms with van der Waals surface area (Å²) < 4.78 is 5.03. The number of carbonyl (C=O) groups excluding carboxylic acids is 1. The van der Waals surface area contributed by atoms with E-state index in [1.54, 1.807) is 35.7 Å². The Balaban J connectivity index is 2.20. The maximum Gasteiger partial charge on any atom is 0.348 e. The largest absolute Gasteiger partial charge is 0.497 e. The molecular weight excluding hydrogens is 266 g/mol. The number of carboxylic acid groups (broad SMARTS) is 1. The highest BCUT2D eigenvalue weighted by atomic mass is 32.1. The van der Waals surface area contributed by atoms with Crippen LogP contribution in [-0.4, -0.2) is 24.1 Å². The van der Waals surface area contributed by atoms with Gasteiger partial charge in [0.25, 0.3) is 5.91 Å². The van der Waals surface area contributed by atoms with Crippen molar-refractivity contribution in [3.63, 3.8) is 0 Å². The SMILES string of the molecule is COc1cccc(C(=O)Nc2ccsc2C(=O)O)c1. The third-order valence-electron chi connectivity index (χ3n) is 2.44. The zero-order valence-electron chi connectivity index (χ0n) is 10.0. The van der Waals surface area contributed by atoms with Gasteiger partial charge >= 0.3 is 5.97 Å². The number of thiophene rings is 1. The van der Waals surface area contributed by atoms with Crippen LogP contribution in [-0.2, 0) is 0 Å². The van der Waals surface area contributed by atoms with Crippen LogP contribution in [0.25, 0.3) is 0 Å². The second kappa shape index (κ2) is 5.53. The fourth-order valence-electron chi connectivity index (χ4n) is 1.53. The van der Waals surface area contributed by atoms with Crippen LogP contribution in [0.3, 0.4) is 0 Å². The van der Waals surface area contributed by atoms with Crippen LogP contribution < -0.4 is 10.1 Å². The van der Waals surface area contributed by atoms with Gasteiger partial charge < -0.3 is 15.2 Å². The Morgan fingerprint density at radius 1 is 1.32 bits per heavy atom. The van der Waals surface area contributed by atoms with Crippen LogP contribution in [0.4, 0.5) is 5.69 Å². The molecule has 19 heavy (non-hydrogen) atoms. The van der Waals surface area contributed by atoms with Gasteiger partial charge in [0, 0.05) is 5.56 Å². The van der Waals surface area contributed by atoms with Gasteiger partial charge in [-0.2, -0.15) is 0 Å². The van der Waals surface area contributed by atoms with E-state index in [1.807, 2.05) is 0 Å². The quantitative estimate of drug-likeness (QED) is 0.901. The molecule has 0 spiro atoms. The lowest BCUT2D eigenvalue weighted by Crippen LogP contribution is -2.13. The number of hydrogen-bond acceptors (Lipinski definition) is 4. The third kappa shape index (κ3) is 2.92. The number of methoxy groups -OCH3 is 1. The number of nitrogens with one attached hydrogen (secondary N) is 1. The number of aromatic carboxylic acids is 1. The van der Waals surface area contributed by atoms with Gasteiger partial charge in [0.1, 0.15) is 10.6 Å². The first-order valence-electron chi connectivity index (χ1n) is 5.38. The summed E-state index contributed by atoms with van der Waals surface area (Å²) in [6.45, 7) is 0. The molecule has 6 heteroatoms. The topological polar surface area (TPSA) is 75.6 Å². The highest BCUT2D eigenvalue weighted by Gasteiger charge is 2.15. The van der Waals surface area contributed by atoms with E-state index in [9.17, 15) is 9.59 Å². The van der Waals surface area contributed by atoms with Crippen molar-refractivity contribution < 1.29 is 19.4 Å². The fraction of sp³-hybridized carbons (Fsp3) is 0.0769. The molecule has 0 aliphatic carbocycles. The Morgan fingerprint density at radius 3 is 2.79 bits per heavy atom. The van der Waals surface area contributed by atoms with Gasteiger partial charge in [-0.3, -0.25) is 4.79 Å². The molecule has 0 aliphatic rings. The lowest BCUT2D eigenvalue weighted by Gasteiger charge is -2.06. The van der Waals surface area contributed by atoms with E-state index in [0.29, 0.717) is 17.0 Å². The zero-order valence-corrected chi connectivity index (χ0v) is 10.9. The van der Waals surface area contributed by atoms with Gasteiger partial charge in [-0.1, -0.05) is 6.07 Å². The number of ether oxygens (including phenoxy) is 1. The number of carbonyl (C=O) groups is 2. The first kappa shape index (κ1) is 13.1. The predicted molar refractivity (Wildman–Crippen MR) is 72.2 cm³/mol. The monoisotopic (exact) mass is 277 g/mol. The van der Waals surface area contributed by atoms with Crippen LogP contribution in [0, 0.1) is 0 Å². The Morgan fingerprint density at radius 2 is 2.11 bits per heavy atom.